The van der Waals surface area contributed by atoms with Gasteiger partial charge in [-0.3, -0.25) is 14.5 Å². The van der Waals surface area contributed by atoms with Crippen LogP contribution >= 0.6 is 11.3 Å². The molecule has 0 atom stereocenters. The zero-order chi connectivity index (χ0) is 19.4. The van der Waals surface area contributed by atoms with Gasteiger partial charge in [-0.2, -0.15) is 5.26 Å². The van der Waals surface area contributed by atoms with Crippen molar-refractivity contribution < 1.29 is 9.59 Å². The fourth-order valence-corrected chi connectivity index (χ4v) is 3.24. The molecule has 0 fully saturated rings. The standard InChI is InChI=1S/C20H16N4O2S/c1-13(25)24(2)20-22-16(12-27-20)10-15(11-21)19(26)23-18-9-5-7-14-6-3-4-8-17(14)18/h3-10,12H,1-2H3,(H,23,26)/b15-10+. The molecule has 2 amide bonds. The Bertz CT molecular complexity index is 1090. The molecule has 0 aliphatic carbocycles. The Morgan fingerprint density at radius 1 is 1.22 bits per heavy atom. The highest BCUT2D eigenvalue weighted by atomic mass is 32.1. The lowest BCUT2D eigenvalue weighted by Crippen LogP contribution is -2.22. The molecule has 0 saturated heterocycles. The molecule has 6 nitrogen and oxygen atoms in total. The quantitative estimate of drug-likeness (QED) is 0.554. The van der Waals surface area contributed by atoms with Crippen molar-refractivity contribution in [1.29, 1.82) is 5.26 Å². The lowest BCUT2D eigenvalue weighted by Gasteiger charge is -2.09. The molecule has 0 saturated carbocycles. The summed E-state index contributed by atoms with van der Waals surface area (Å²) in [4.78, 5) is 29.6. The Labute approximate surface area is 160 Å². The molecular weight excluding hydrogens is 360 g/mol. The summed E-state index contributed by atoms with van der Waals surface area (Å²) in [5.41, 5.74) is 1.02. The van der Waals surface area contributed by atoms with Crippen molar-refractivity contribution in [3.8, 4) is 6.07 Å². The molecule has 1 heterocycles. The van der Waals surface area contributed by atoms with Gasteiger partial charge in [0, 0.05) is 30.4 Å². The van der Waals surface area contributed by atoms with Gasteiger partial charge in [0.05, 0.1) is 5.69 Å². The zero-order valence-electron chi connectivity index (χ0n) is 14.8. The van der Waals surface area contributed by atoms with E-state index in [9.17, 15) is 14.9 Å². The number of rotatable bonds is 4. The van der Waals surface area contributed by atoms with Gasteiger partial charge >= 0.3 is 0 Å². The molecule has 0 bridgehead atoms. The Kier molecular flexibility index (Phi) is 5.29. The molecule has 27 heavy (non-hydrogen) atoms. The van der Waals surface area contributed by atoms with E-state index in [-0.39, 0.29) is 11.5 Å². The minimum atomic E-state index is -0.511. The van der Waals surface area contributed by atoms with Gasteiger partial charge < -0.3 is 5.32 Å². The number of carbonyl (C=O) groups excluding carboxylic acids is 2. The van der Waals surface area contributed by atoms with Gasteiger partial charge in [-0.25, -0.2) is 4.98 Å². The Balaban J connectivity index is 1.85. The molecule has 3 rings (SSSR count). The van der Waals surface area contributed by atoms with Gasteiger partial charge in [0.2, 0.25) is 5.91 Å². The van der Waals surface area contributed by atoms with E-state index in [0.29, 0.717) is 16.5 Å². The number of benzene rings is 2. The second kappa shape index (κ2) is 7.81. The second-order valence-corrected chi connectivity index (χ2v) is 6.62. The highest BCUT2D eigenvalue weighted by Crippen LogP contribution is 2.24. The van der Waals surface area contributed by atoms with Crippen LogP contribution in [0.15, 0.2) is 53.4 Å². The summed E-state index contributed by atoms with van der Waals surface area (Å²) in [5, 5.41) is 16.3. The molecule has 7 heteroatoms. The minimum Gasteiger partial charge on any atom is -0.321 e. The average molecular weight is 376 g/mol. The maximum atomic E-state index is 12.5. The first-order chi connectivity index (χ1) is 13.0. The van der Waals surface area contributed by atoms with E-state index < -0.39 is 5.91 Å². The van der Waals surface area contributed by atoms with Crippen molar-refractivity contribution in [3.63, 3.8) is 0 Å². The lowest BCUT2D eigenvalue weighted by atomic mass is 10.1. The Morgan fingerprint density at radius 3 is 2.70 bits per heavy atom. The molecule has 134 valence electrons. The van der Waals surface area contributed by atoms with Crippen molar-refractivity contribution in [1.82, 2.24) is 4.98 Å². The number of nitriles is 1. The van der Waals surface area contributed by atoms with E-state index in [0.717, 1.165) is 10.8 Å². The summed E-state index contributed by atoms with van der Waals surface area (Å²) in [6, 6.07) is 15.2. The molecule has 0 radical (unpaired) electrons. The van der Waals surface area contributed by atoms with E-state index in [2.05, 4.69) is 10.3 Å². The Hall–Kier alpha value is -3.50. The predicted octanol–water partition coefficient (Wildman–Crippen LogP) is 3.82. The zero-order valence-corrected chi connectivity index (χ0v) is 15.6. The third kappa shape index (κ3) is 4.02. The summed E-state index contributed by atoms with van der Waals surface area (Å²) < 4.78 is 0. The summed E-state index contributed by atoms with van der Waals surface area (Å²) in [6.07, 6.45) is 1.41. The van der Waals surface area contributed by atoms with Crippen LogP contribution in [0.2, 0.25) is 0 Å². The number of hydrogen-bond donors (Lipinski definition) is 1. The summed E-state index contributed by atoms with van der Waals surface area (Å²) in [7, 11) is 1.62. The van der Waals surface area contributed by atoms with Crippen LogP contribution in [-0.2, 0) is 9.59 Å². The number of nitrogens with one attached hydrogen (secondary N) is 1. The van der Waals surface area contributed by atoms with E-state index in [1.165, 1.54) is 29.2 Å². The molecule has 0 spiro atoms. The van der Waals surface area contributed by atoms with Crippen LogP contribution in [0.5, 0.6) is 0 Å². The van der Waals surface area contributed by atoms with Crippen molar-refractivity contribution in [2.75, 3.05) is 17.3 Å². The third-order valence-corrected chi connectivity index (χ3v) is 4.90. The summed E-state index contributed by atoms with van der Waals surface area (Å²) >= 11 is 1.26. The van der Waals surface area contributed by atoms with Gasteiger partial charge in [0.15, 0.2) is 5.13 Å². The molecule has 1 N–H and O–H groups in total. The van der Waals surface area contributed by atoms with E-state index in [1.807, 2.05) is 42.5 Å². The predicted molar refractivity (Wildman–Crippen MR) is 107 cm³/mol. The highest BCUT2D eigenvalue weighted by Gasteiger charge is 2.14. The molecule has 0 aliphatic rings. The van der Waals surface area contributed by atoms with Crippen LogP contribution < -0.4 is 10.2 Å². The van der Waals surface area contributed by atoms with Crippen LogP contribution in [0.4, 0.5) is 10.8 Å². The number of carbonyl (C=O) groups is 2. The normalized spacial score (nSPS) is 11.1. The fourth-order valence-electron chi connectivity index (χ4n) is 2.45. The number of amides is 2. The molecule has 2 aromatic carbocycles. The number of hydrogen-bond acceptors (Lipinski definition) is 5. The van der Waals surface area contributed by atoms with Gasteiger partial charge in [-0.15, -0.1) is 11.3 Å². The number of fused-ring (bicyclic) bond motifs is 1. The second-order valence-electron chi connectivity index (χ2n) is 5.78. The summed E-state index contributed by atoms with van der Waals surface area (Å²) in [6.45, 7) is 1.44. The maximum Gasteiger partial charge on any atom is 0.266 e. The van der Waals surface area contributed by atoms with Gasteiger partial charge in [0.1, 0.15) is 11.6 Å². The van der Waals surface area contributed by atoms with Crippen molar-refractivity contribution in [2.45, 2.75) is 6.92 Å². The number of thiazole rings is 1. The SMILES string of the molecule is CC(=O)N(C)c1nc(/C=C(\C#N)C(=O)Nc2cccc3ccccc23)cs1. The van der Waals surface area contributed by atoms with Crippen molar-refractivity contribution in [2.24, 2.45) is 0 Å². The fraction of sp³-hybridized carbons (Fsp3) is 0.100. The first-order valence-electron chi connectivity index (χ1n) is 8.10. The molecule has 3 aromatic rings. The topological polar surface area (TPSA) is 86.1 Å². The lowest BCUT2D eigenvalue weighted by molar-refractivity contribution is -0.116. The largest absolute Gasteiger partial charge is 0.321 e. The van der Waals surface area contributed by atoms with Gasteiger partial charge in [0.25, 0.3) is 5.91 Å². The van der Waals surface area contributed by atoms with Crippen LogP contribution in [0.3, 0.4) is 0 Å². The van der Waals surface area contributed by atoms with Crippen LogP contribution in [-0.4, -0.2) is 23.8 Å². The van der Waals surface area contributed by atoms with Crippen LogP contribution in [0.25, 0.3) is 16.8 Å². The van der Waals surface area contributed by atoms with Gasteiger partial charge in [-0.05, 0) is 17.5 Å². The minimum absolute atomic E-state index is 0.0646. The summed E-state index contributed by atoms with van der Waals surface area (Å²) in [5.74, 6) is -0.655. The van der Waals surface area contributed by atoms with Crippen molar-refractivity contribution >= 4 is 50.8 Å². The molecular formula is C20H16N4O2S. The average Bonchev–Trinajstić information content (AvgIpc) is 3.14. The third-order valence-electron chi connectivity index (χ3n) is 3.96. The molecule has 0 unspecified atom stereocenters. The van der Waals surface area contributed by atoms with E-state index >= 15 is 0 Å². The molecule has 0 aliphatic heterocycles. The monoisotopic (exact) mass is 376 g/mol. The number of anilines is 2. The van der Waals surface area contributed by atoms with Crippen molar-refractivity contribution in [3.05, 3.63) is 59.1 Å². The first-order valence-corrected chi connectivity index (χ1v) is 8.98. The van der Waals surface area contributed by atoms with E-state index in [1.54, 1.807) is 18.5 Å². The van der Waals surface area contributed by atoms with Crippen LogP contribution in [0.1, 0.15) is 12.6 Å². The molecule has 1 aromatic heterocycles. The maximum absolute atomic E-state index is 12.5. The van der Waals surface area contributed by atoms with Crippen LogP contribution in [0, 0.1) is 11.3 Å². The van der Waals surface area contributed by atoms with Gasteiger partial charge in [-0.1, -0.05) is 36.4 Å². The highest BCUT2D eigenvalue weighted by molar-refractivity contribution is 7.14. The smallest absolute Gasteiger partial charge is 0.266 e. The Morgan fingerprint density at radius 2 is 1.96 bits per heavy atom. The van der Waals surface area contributed by atoms with E-state index in [4.69, 9.17) is 0 Å². The number of aromatic nitrogens is 1. The number of nitrogens with zero attached hydrogens (tertiary/aromatic N) is 3. The first kappa shape index (κ1) is 18.3.